The van der Waals surface area contributed by atoms with Gasteiger partial charge in [0, 0.05) is 15.7 Å². The first-order valence-corrected chi connectivity index (χ1v) is 11.5. The van der Waals surface area contributed by atoms with Crippen LogP contribution in [0.1, 0.15) is 39.3 Å². The number of allylic oxidation sites excluding steroid dienone is 1. The summed E-state index contributed by atoms with van der Waals surface area (Å²) in [6, 6.07) is 4.09. The second kappa shape index (κ2) is 7.27. The Balaban J connectivity index is 1.93. The van der Waals surface area contributed by atoms with Gasteiger partial charge in [0.2, 0.25) is 0 Å². The molecule has 1 aliphatic heterocycles. The molecule has 3 rings (SSSR count). The lowest BCUT2D eigenvalue weighted by atomic mass is 9.59. The Kier molecular flexibility index (Phi) is 5.44. The summed E-state index contributed by atoms with van der Waals surface area (Å²) in [5.41, 5.74) is -0.453. The fraction of sp³-hybridized carbons (Fsp3) is 0.550. The molecule has 1 saturated heterocycles. The van der Waals surface area contributed by atoms with Crippen molar-refractivity contribution >= 4 is 37.3 Å². The number of aromatic nitrogens is 1. The van der Waals surface area contributed by atoms with E-state index in [1.54, 1.807) is 0 Å². The zero-order valence-corrected chi connectivity index (χ0v) is 17.1. The molecule has 2 fully saturated rings. The van der Waals surface area contributed by atoms with Crippen molar-refractivity contribution < 1.29 is 14.6 Å². The number of halogens is 1. The highest BCUT2D eigenvalue weighted by molar-refractivity contribution is 14.2. The van der Waals surface area contributed by atoms with Crippen molar-refractivity contribution in [3.8, 4) is 0 Å². The van der Waals surface area contributed by atoms with Gasteiger partial charge < -0.3 is 9.84 Å². The number of aliphatic hydroxyl groups is 1. The van der Waals surface area contributed by atoms with Gasteiger partial charge in [-0.15, -0.1) is 0 Å². The Labute approximate surface area is 159 Å². The third kappa shape index (κ3) is 3.33. The van der Waals surface area contributed by atoms with Crippen LogP contribution in [-0.2, 0) is 9.53 Å². The normalized spacial score (nSPS) is 37.9. The first-order valence-electron chi connectivity index (χ1n) is 8.86. The van der Waals surface area contributed by atoms with Gasteiger partial charge in [-0.2, -0.15) is 0 Å². The first-order chi connectivity index (χ1) is 11.9. The Morgan fingerprint density at radius 3 is 2.84 bits per heavy atom. The molecule has 0 amide bonds. The Hall–Kier alpha value is -1.08. The van der Waals surface area contributed by atoms with Gasteiger partial charge in [-0.3, -0.25) is 4.98 Å². The molecule has 1 N–H and O–H groups in total. The van der Waals surface area contributed by atoms with Crippen LogP contribution >= 0.6 is 20.7 Å². The fourth-order valence-electron chi connectivity index (χ4n) is 4.72. The van der Waals surface area contributed by atoms with Gasteiger partial charge >= 0.3 is 5.97 Å². The van der Waals surface area contributed by atoms with E-state index >= 15 is 0 Å². The van der Waals surface area contributed by atoms with Crippen LogP contribution in [0.15, 0.2) is 24.4 Å². The minimum atomic E-state index is -1.35. The Bertz CT molecular complexity index is 687. The van der Waals surface area contributed by atoms with Crippen LogP contribution in [0, 0.1) is 27.2 Å². The number of ether oxygens (including phenoxy) is 1. The van der Waals surface area contributed by atoms with Crippen molar-refractivity contribution in [3.05, 3.63) is 33.7 Å². The van der Waals surface area contributed by atoms with Gasteiger partial charge in [0.1, 0.15) is 6.10 Å². The molecule has 5 heteroatoms. The summed E-state index contributed by atoms with van der Waals surface area (Å²) in [6.07, 6.45) is 7.29. The van der Waals surface area contributed by atoms with Crippen LogP contribution in [-0.4, -0.2) is 32.3 Å². The Morgan fingerprint density at radius 1 is 1.48 bits per heavy atom. The van der Waals surface area contributed by atoms with Crippen molar-refractivity contribution in [3.63, 3.8) is 0 Å². The van der Waals surface area contributed by atoms with E-state index in [2.05, 4.69) is 35.5 Å². The number of hydrogen-bond donors (Lipinski definition) is 1. The smallest absolute Gasteiger partial charge is 0.338 e. The number of pyridine rings is 1. The molecule has 25 heavy (non-hydrogen) atoms. The highest BCUT2D eigenvalue weighted by atomic mass is 127. The molecule has 1 aliphatic carbocycles. The van der Waals surface area contributed by atoms with Crippen molar-refractivity contribution in [2.24, 2.45) is 23.7 Å². The van der Waals surface area contributed by atoms with Crippen LogP contribution in [0.4, 0.5) is 0 Å². The Morgan fingerprint density at radius 2 is 2.24 bits per heavy atom. The lowest BCUT2D eigenvalue weighted by Crippen LogP contribution is -2.53. The molecule has 4 nitrogen and oxygen atoms in total. The van der Waals surface area contributed by atoms with Crippen LogP contribution in [0.25, 0.3) is 6.08 Å². The van der Waals surface area contributed by atoms with E-state index in [9.17, 15) is 9.90 Å². The van der Waals surface area contributed by atoms with Crippen LogP contribution in [0.3, 0.4) is 0 Å². The summed E-state index contributed by atoms with van der Waals surface area (Å²) in [4.78, 5) is 16.7. The summed E-state index contributed by atoms with van der Waals surface area (Å²) >= 11 is -0.192. The van der Waals surface area contributed by atoms with E-state index in [4.69, 9.17) is 4.74 Å². The number of nitrogens with zero attached hydrogens (tertiary/aromatic N) is 1. The molecule has 1 saturated carbocycles. The topological polar surface area (TPSA) is 59.4 Å². The van der Waals surface area contributed by atoms with E-state index in [0.29, 0.717) is 12.3 Å². The van der Waals surface area contributed by atoms with Crippen molar-refractivity contribution in [1.29, 1.82) is 0 Å². The van der Waals surface area contributed by atoms with Crippen LogP contribution in [0.5, 0.6) is 0 Å². The monoisotopic (exact) mass is 455 g/mol. The van der Waals surface area contributed by atoms with Crippen LogP contribution in [0.2, 0.25) is 0 Å². The van der Waals surface area contributed by atoms with E-state index in [1.165, 1.54) is 3.57 Å². The minimum absolute atomic E-state index is 0.0990. The van der Waals surface area contributed by atoms with E-state index < -0.39 is 11.6 Å². The molecule has 2 heterocycles. The number of cyclic esters (lactones) is 1. The zero-order chi connectivity index (χ0) is 18.2. The summed E-state index contributed by atoms with van der Waals surface area (Å²) in [5.74, 6) is 0.143. The standard InChI is InChI=1S/C20H26INO3/c1-5-16-12(2)10-20(24)18(13(3)25-19(20)23)17(16)9-8-15-7-6-14(21-4)11-22-15/h6-9,11-13,16-18,24H,4-5,10H2,1-3H3/b9-8+/t12-,13+,16+,17-,18-,20-/m0/s1. The highest BCUT2D eigenvalue weighted by Crippen LogP contribution is 2.52. The second-order valence-electron chi connectivity index (χ2n) is 7.29. The predicted octanol–water partition coefficient (Wildman–Crippen LogP) is 3.64. The fourth-order valence-corrected chi connectivity index (χ4v) is 5.49. The molecule has 1 aromatic heterocycles. The summed E-state index contributed by atoms with van der Waals surface area (Å²) in [7, 11) is 0. The summed E-state index contributed by atoms with van der Waals surface area (Å²) in [5, 5.41) is 11.0. The van der Waals surface area contributed by atoms with Gasteiger partial charge in [-0.05, 0) is 49.3 Å². The summed E-state index contributed by atoms with van der Waals surface area (Å²) in [6.45, 7) is 6.21. The molecule has 0 unspecified atom stereocenters. The van der Waals surface area contributed by atoms with Gasteiger partial charge in [0.15, 0.2) is 5.60 Å². The molecular formula is C20H26INO3. The van der Waals surface area contributed by atoms with Crippen molar-refractivity contribution in [2.75, 3.05) is 0 Å². The maximum absolute atomic E-state index is 12.3. The molecule has 0 radical (unpaired) electrons. The number of carbonyl (C=O) groups is 1. The average Bonchev–Trinajstić information content (AvgIpc) is 2.81. The quantitative estimate of drug-likeness (QED) is 0.557. The molecule has 136 valence electrons. The molecule has 0 spiro atoms. The van der Waals surface area contributed by atoms with E-state index in [-0.39, 0.29) is 44.6 Å². The molecule has 0 aromatic carbocycles. The third-order valence-electron chi connectivity index (χ3n) is 5.84. The van der Waals surface area contributed by atoms with Crippen molar-refractivity contribution in [1.82, 2.24) is 4.98 Å². The van der Waals surface area contributed by atoms with E-state index in [0.717, 1.165) is 12.1 Å². The molecule has 0 bridgehead atoms. The van der Waals surface area contributed by atoms with Gasteiger partial charge in [0.05, 0.1) is 5.69 Å². The molecule has 6 atom stereocenters. The molecular weight excluding hydrogens is 429 g/mol. The maximum Gasteiger partial charge on any atom is 0.338 e. The molecule has 1 aromatic rings. The lowest BCUT2D eigenvalue weighted by molar-refractivity contribution is -0.160. The number of carbonyl (C=O) groups excluding carboxylic acids is 1. The number of esters is 1. The number of fused-ring (bicyclic) bond motifs is 1. The van der Waals surface area contributed by atoms with E-state index in [1.807, 2.05) is 25.3 Å². The third-order valence-corrected chi connectivity index (χ3v) is 7.36. The van der Waals surface area contributed by atoms with Gasteiger partial charge in [-0.1, -0.05) is 51.6 Å². The number of rotatable bonds is 4. The minimum Gasteiger partial charge on any atom is -0.460 e. The lowest BCUT2D eigenvalue weighted by Gasteiger charge is -2.45. The van der Waals surface area contributed by atoms with Crippen LogP contribution < -0.4 is 0 Å². The highest BCUT2D eigenvalue weighted by Gasteiger charge is 2.62. The largest absolute Gasteiger partial charge is 0.460 e. The predicted molar refractivity (Wildman–Crippen MR) is 108 cm³/mol. The van der Waals surface area contributed by atoms with Gasteiger partial charge in [-0.25, -0.2) is 4.79 Å². The maximum atomic E-state index is 12.3. The summed E-state index contributed by atoms with van der Waals surface area (Å²) < 4.78 is 10.6. The number of hydrogen-bond acceptors (Lipinski definition) is 4. The SMILES string of the molecule is C=Ic1ccc(/C=C/[C@H]2[C@H](CC)[C@@H](C)C[C@@]3(O)C(=O)O[C@H](C)[C@@H]23)nc1. The second-order valence-corrected chi connectivity index (χ2v) is 9.29. The molecule has 2 aliphatic rings. The zero-order valence-electron chi connectivity index (χ0n) is 15.0. The average molecular weight is 455 g/mol. The van der Waals surface area contributed by atoms with Crippen molar-refractivity contribution in [2.45, 2.75) is 45.3 Å². The van der Waals surface area contributed by atoms with Gasteiger partial charge in [0.25, 0.3) is 0 Å². The first kappa shape index (κ1) is 18.7.